The Morgan fingerprint density at radius 3 is 2.40 bits per heavy atom. The molecular weight excluding hydrogens is 429 g/mol. The van der Waals surface area contributed by atoms with Crippen LogP contribution in [0.4, 0.5) is 0 Å². The Kier molecular flexibility index (Phi) is 9.22. The number of carbonyl (C=O) groups is 1. The van der Waals surface area contributed by atoms with Crippen LogP contribution in [0.5, 0.6) is 0 Å². The summed E-state index contributed by atoms with van der Waals surface area (Å²) in [5.74, 6) is -0.234. The van der Waals surface area contributed by atoms with Crippen LogP contribution in [0.1, 0.15) is 22.3 Å². The van der Waals surface area contributed by atoms with E-state index >= 15 is 0 Å². The molecule has 8 nitrogen and oxygen atoms in total. The largest absolute Gasteiger partial charge is 0.334 e. The van der Waals surface area contributed by atoms with Gasteiger partial charge in [-0.05, 0) is 24.6 Å². The minimum atomic E-state index is -0.475. The summed E-state index contributed by atoms with van der Waals surface area (Å²) in [5, 5.41) is 0.230. The Bertz CT molecular complexity index is 1130. The fourth-order valence-electron chi connectivity index (χ4n) is 3.10. The van der Waals surface area contributed by atoms with Crippen LogP contribution >= 0.6 is 24.8 Å². The van der Waals surface area contributed by atoms with Crippen LogP contribution in [0.15, 0.2) is 52.2 Å². The molecule has 0 aliphatic heterocycles. The van der Waals surface area contributed by atoms with Crippen LogP contribution in [-0.2, 0) is 20.6 Å². The van der Waals surface area contributed by atoms with Crippen LogP contribution in [0, 0.1) is 0 Å². The number of nitrogens with two attached hydrogens (primary N) is 1. The minimum Gasteiger partial charge on any atom is -0.334 e. The van der Waals surface area contributed by atoms with Gasteiger partial charge in [0.25, 0.3) is 11.5 Å². The molecule has 0 bridgehead atoms. The van der Waals surface area contributed by atoms with Gasteiger partial charge in [0.2, 0.25) is 0 Å². The predicted octanol–water partition coefficient (Wildman–Crippen LogP) is 1.47. The predicted molar refractivity (Wildman–Crippen MR) is 122 cm³/mol. The zero-order valence-corrected chi connectivity index (χ0v) is 18.4. The van der Waals surface area contributed by atoms with E-state index in [1.54, 1.807) is 11.9 Å². The van der Waals surface area contributed by atoms with Gasteiger partial charge in [-0.2, -0.15) is 0 Å². The molecule has 1 amide bonds. The van der Waals surface area contributed by atoms with E-state index in [1.165, 1.54) is 23.9 Å². The Morgan fingerprint density at radius 1 is 1.10 bits per heavy atom. The highest BCUT2D eigenvalue weighted by Crippen LogP contribution is 2.13. The van der Waals surface area contributed by atoms with Crippen molar-refractivity contribution in [2.24, 2.45) is 19.8 Å². The molecular formula is C20H25Cl2N5O3. The first-order valence-electron chi connectivity index (χ1n) is 9.03. The van der Waals surface area contributed by atoms with Crippen molar-refractivity contribution >= 4 is 41.8 Å². The minimum absolute atomic E-state index is 0. The van der Waals surface area contributed by atoms with Gasteiger partial charge in [0.05, 0.1) is 10.9 Å². The first kappa shape index (κ1) is 25.4. The summed E-state index contributed by atoms with van der Waals surface area (Å²) in [5.41, 5.74) is 6.24. The second-order valence-corrected chi connectivity index (χ2v) is 6.66. The van der Waals surface area contributed by atoms with Crippen LogP contribution in [0.2, 0.25) is 0 Å². The molecule has 0 aliphatic carbocycles. The third-order valence-electron chi connectivity index (χ3n) is 4.68. The molecule has 0 spiro atoms. The number of pyridine rings is 1. The third-order valence-corrected chi connectivity index (χ3v) is 4.68. The van der Waals surface area contributed by atoms with E-state index in [9.17, 15) is 14.4 Å². The topological polar surface area (TPSA) is 103 Å². The van der Waals surface area contributed by atoms with Gasteiger partial charge in [-0.25, -0.2) is 9.78 Å². The average molecular weight is 454 g/mol. The highest BCUT2D eigenvalue weighted by atomic mass is 35.5. The van der Waals surface area contributed by atoms with E-state index in [4.69, 9.17) is 5.73 Å². The molecule has 0 unspecified atom stereocenters. The number of benzene rings is 1. The summed E-state index contributed by atoms with van der Waals surface area (Å²) in [4.78, 5) is 43.5. The molecule has 162 valence electrons. The lowest BCUT2D eigenvalue weighted by Crippen LogP contribution is -2.37. The standard InChI is InChI=1S/C20H23N5O3.2ClH/c1-23-17-16(19(27)24(2)20(23)28)11-15(12-22-17)18(26)25(10-6-9-21)13-14-7-4-3-5-8-14;;/h3-5,7-8,11-12H,6,9-10,13,21H2,1-2H3;2*1H. The molecule has 2 N–H and O–H groups in total. The van der Waals surface area contributed by atoms with E-state index < -0.39 is 11.2 Å². The number of fused-ring (bicyclic) bond motifs is 1. The fourth-order valence-corrected chi connectivity index (χ4v) is 3.10. The highest BCUT2D eigenvalue weighted by Gasteiger charge is 2.19. The van der Waals surface area contributed by atoms with Crippen molar-refractivity contribution in [2.75, 3.05) is 13.1 Å². The fraction of sp³-hybridized carbons (Fsp3) is 0.300. The molecule has 3 rings (SSSR count). The molecule has 3 aromatic rings. The van der Waals surface area contributed by atoms with Gasteiger partial charge >= 0.3 is 5.69 Å². The number of hydrogen-bond acceptors (Lipinski definition) is 5. The lowest BCUT2D eigenvalue weighted by molar-refractivity contribution is 0.0742. The number of aromatic nitrogens is 3. The van der Waals surface area contributed by atoms with Crippen molar-refractivity contribution in [2.45, 2.75) is 13.0 Å². The molecule has 0 saturated heterocycles. The van der Waals surface area contributed by atoms with E-state index in [1.807, 2.05) is 30.3 Å². The van der Waals surface area contributed by atoms with Crippen molar-refractivity contribution < 1.29 is 4.79 Å². The summed E-state index contributed by atoms with van der Waals surface area (Å²) < 4.78 is 2.30. The first-order chi connectivity index (χ1) is 13.4. The maximum Gasteiger partial charge on any atom is 0.332 e. The van der Waals surface area contributed by atoms with Crippen molar-refractivity contribution in [1.29, 1.82) is 0 Å². The van der Waals surface area contributed by atoms with Crippen molar-refractivity contribution in [3.05, 3.63) is 74.6 Å². The van der Waals surface area contributed by atoms with Crippen molar-refractivity contribution in [3.8, 4) is 0 Å². The molecule has 2 heterocycles. The van der Waals surface area contributed by atoms with Crippen molar-refractivity contribution in [1.82, 2.24) is 19.0 Å². The molecule has 1 aromatic carbocycles. The lowest BCUT2D eigenvalue weighted by atomic mass is 10.1. The van der Waals surface area contributed by atoms with E-state index in [0.717, 1.165) is 10.1 Å². The average Bonchev–Trinajstić information content (AvgIpc) is 2.73. The molecule has 0 radical (unpaired) electrons. The first-order valence-corrected chi connectivity index (χ1v) is 9.03. The number of aryl methyl sites for hydroxylation is 1. The van der Waals surface area contributed by atoms with Crippen LogP contribution < -0.4 is 17.0 Å². The molecule has 0 atom stereocenters. The molecule has 0 saturated carbocycles. The number of hydrogen-bond donors (Lipinski definition) is 1. The van der Waals surface area contributed by atoms with Gasteiger partial charge in [0.1, 0.15) is 5.65 Å². The van der Waals surface area contributed by atoms with Gasteiger partial charge in [0.15, 0.2) is 0 Å². The number of amides is 1. The second kappa shape index (κ2) is 10.9. The van der Waals surface area contributed by atoms with E-state index in [0.29, 0.717) is 31.6 Å². The summed E-state index contributed by atoms with van der Waals surface area (Å²) in [7, 11) is 2.95. The molecule has 10 heteroatoms. The zero-order valence-electron chi connectivity index (χ0n) is 16.8. The Hall–Kier alpha value is -2.68. The quantitative estimate of drug-likeness (QED) is 0.608. The molecule has 30 heavy (non-hydrogen) atoms. The van der Waals surface area contributed by atoms with E-state index in [2.05, 4.69) is 4.98 Å². The number of rotatable bonds is 6. The third kappa shape index (κ3) is 5.08. The maximum atomic E-state index is 13.1. The SMILES string of the molecule is Cl.Cl.Cn1c(=O)c2cc(C(=O)N(CCCN)Cc3ccccc3)cnc2n(C)c1=O. The number of nitrogens with zero attached hydrogens (tertiary/aromatic N) is 4. The summed E-state index contributed by atoms with van der Waals surface area (Å²) in [6.07, 6.45) is 2.07. The van der Waals surface area contributed by atoms with Gasteiger partial charge in [0, 0.05) is 33.4 Å². The zero-order chi connectivity index (χ0) is 20.3. The normalized spacial score (nSPS) is 10.2. The van der Waals surface area contributed by atoms with Gasteiger partial charge in [-0.1, -0.05) is 30.3 Å². The molecule has 2 aromatic heterocycles. The monoisotopic (exact) mass is 453 g/mol. The number of halogens is 2. The summed E-state index contributed by atoms with van der Waals surface area (Å²) in [6, 6.07) is 11.2. The van der Waals surface area contributed by atoms with Crippen molar-refractivity contribution in [3.63, 3.8) is 0 Å². The van der Waals surface area contributed by atoms with Gasteiger partial charge < -0.3 is 10.6 Å². The smallest absolute Gasteiger partial charge is 0.332 e. The second-order valence-electron chi connectivity index (χ2n) is 6.66. The Balaban J connectivity index is 0.00000225. The summed E-state index contributed by atoms with van der Waals surface area (Å²) >= 11 is 0. The summed E-state index contributed by atoms with van der Waals surface area (Å²) in [6.45, 7) is 1.40. The Morgan fingerprint density at radius 2 is 1.77 bits per heavy atom. The highest BCUT2D eigenvalue weighted by molar-refractivity contribution is 5.96. The van der Waals surface area contributed by atoms with Crippen LogP contribution in [0.3, 0.4) is 0 Å². The van der Waals surface area contributed by atoms with E-state index in [-0.39, 0.29) is 41.8 Å². The van der Waals surface area contributed by atoms with Crippen LogP contribution in [-0.4, -0.2) is 38.0 Å². The number of carbonyl (C=O) groups excluding carboxylic acids is 1. The van der Waals surface area contributed by atoms with Crippen LogP contribution in [0.25, 0.3) is 11.0 Å². The maximum absolute atomic E-state index is 13.1. The van der Waals surface area contributed by atoms with Gasteiger partial charge in [-0.3, -0.25) is 18.7 Å². The molecule has 0 aliphatic rings. The van der Waals surface area contributed by atoms with Gasteiger partial charge in [-0.15, -0.1) is 24.8 Å². The molecule has 0 fully saturated rings. The Labute approximate surface area is 186 Å². The lowest BCUT2D eigenvalue weighted by Gasteiger charge is -2.23.